The third kappa shape index (κ3) is 3.42. The average Bonchev–Trinajstić information content (AvgIpc) is 2.65. The second-order valence-electron chi connectivity index (χ2n) is 5.72. The Morgan fingerprint density at radius 2 is 1.80 bits per heavy atom. The number of benzene rings is 2. The first-order chi connectivity index (χ1) is 12.1. The molecule has 0 aliphatic carbocycles. The number of carbonyl (C=O) groups excluding carboxylic acids is 1. The number of amides is 1. The summed E-state index contributed by atoms with van der Waals surface area (Å²) in [4.78, 5) is 25.7. The number of rotatable bonds is 5. The van der Waals surface area contributed by atoms with Crippen molar-refractivity contribution in [3.05, 3.63) is 59.7 Å². The van der Waals surface area contributed by atoms with Gasteiger partial charge >= 0.3 is 5.97 Å². The van der Waals surface area contributed by atoms with Gasteiger partial charge in [-0.1, -0.05) is 36.4 Å². The largest absolute Gasteiger partial charge is 0.493 e. The van der Waals surface area contributed by atoms with Crippen LogP contribution in [0.25, 0.3) is 0 Å². The van der Waals surface area contributed by atoms with Crippen LogP contribution in [0.2, 0.25) is 0 Å². The van der Waals surface area contributed by atoms with Gasteiger partial charge in [-0.2, -0.15) is 0 Å². The van der Waals surface area contributed by atoms with Crippen LogP contribution >= 0.6 is 0 Å². The molecule has 6 nitrogen and oxygen atoms in total. The number of ether oxygens (including phenoxy) is 2. The van der Waals surface area contributed by atoms with E-state index in [2.05, 4.69) is 0 Å². The van der Waals surface area contributed by atoms with Crippen molar-refractivity contribution < 1.29 is 24.2 Å². The van der Waals surface area contributed by atoms with Crippen molar-refractivity contribution >= 4 is 11.9 Å². The molecule has 0 aromatic heterocycles. The summed E-state index contributed by atoms with van der Waals surface area (Å²) in [5.41, 5.74) is 1.62. The fourth-order valence-electron chi connectivity index (χ4n) is 3.06. The van der Waals surface area contributed by atoms with Gasteiger partial charge < -0.3 is 19.5 Å². The highest BCUT2D eigenvalue weighted by Crippen LogP contribution is 2.31. The summed E-state index contributed by atoms with van der Waals surface area (Å²) in [7, 11) is 1.52. The molecule has 1 N–H and O–H groups in total. The van der Waals surface area contributed by atoms with Crippen molar-refractivity contribution in [2.45, 2.75) is 12.5 Å². The van der Waals surface area contributed by atoms with Crippen LogP contribution in [0, 0.1) is 0 Å². The molecule has 0 saturated carbocycles. The fourth-order valence-corrected chi connectivity index (χ4v) is 3.06. The Hall–Kier alpha value is -3.02. The molecule has 1 heterocycles. The lowest BCUT2D eigenvalue weighted by atomic mass is 9.92. The zero-order valence-electron chi connectivity index (χ0n) is 13.8. The fraction of sp³-hybridized carbons (Fsp3) is 0.263. The third-order valence-electron chi connectivity index (χ3n) is 4.26. The van der Waals surface area contributed by atoms with Crippen LogP contribution in [0.4, 0.5) is 0 Å². The number of fused-ring (bicyclic) bond motifs is 1. The molecule has 6 heteroatoms. The number of nitrogens with zero attached hydrogens (tertiary/aromatic N) is 1. The summed E-state index contributed by atoms with van der Waals surface area (Å²) >= 11 is 0. The molecule has 0 saturated heterocycles. The lowest BCUT2D eigenvalue weighted by molar-refractivity contribution is -0.152. The minimum absolute atomic E-state index is 0.244. The smallest absolute Gasteiger partial charge is 0.331 e. The summed E-state index contributed by atoms with van der Waals surface area (Å²) in [5, 5.41) is 9.62. The molecule has 2 aromatic rings. The van der Waals surface area contributed by atoms with Gasteiger partial charge in [0.1, 0.15) is 0 Å². The van der Waals surface area contributed by atoms with Crippen molar-refractivity contribution in [1.29, 1.82) is 0 Å². The van der Waals surface area contributed by atoms with Gasteiger partial charge in [-0.05, 0) is 29.7 Å². The van der Waals surface area contributed by atoms with Gasteiger partial charge in [-0.25, -0.2) is 4.79 Å². The van der Waals surface area contributed by atoms with Crippen molar-refractivity contribution in [2.24, 2.45) is 0 Å². The number of aliphatic carboxylic acids is 1. The van der Waals surface area contributed by atoms with Crippen LogP contribution in [0.1, 0.15) is 17.2 Å². The Bertz CT molecular complexity index is 789. The monoisotopic (exact) mass is 341 g/mol. The topological polar surface area (TPSA) is 76.1 Å². The van der Waals surface area contributed by atoms with Crippen molar-refractivity contribution in [3.8, 4) is 11.5 Å². The van der Waals surface area contributed by atoms with E-state index in [1.807, 2.05) is 12.1 Å². The molecule has 1 aliphatic heterocycles. The van der Waals surface area contributed by atoms with Crippen molar-refractivity contribution in [2.75, 3.05) is 20.3 Å². The van der Waals surface area contributed by atoms with E-state index in [1.165, 1.54) is 12.0 Å². The number of carboxylic acid groups (broad SMARTS) is 1. The van der Waals surface area contributed by atoms with Crippen LogP contribution in [0.3, 0.4) is 0 Å². The first-order valence-electron chi connectivity index (χ1n) is 7.97. The molecule has 0 fully saturated rings. The van der Waals surface area contributed by atoms with E-state index in [4.69, 9.17) is 9.47 Å². The van der Waals surface area contributed by atoms with Crippen LogP contribution in [-0.2, 0) is 16.0 Å². The highest BCUT2D eigenvalue weighted by molar-refractivity contribution is 5.86. The molecule has 2 aromatic carbocycles. The van der Waals surface area contributed by atoms with E-state index in [1.54, 1.807) is 36.4 Å². The molecule has 1 atom stereocenters. The minimum Gasteiger partial charge on any atom is -0.493 e. The highest BCUT2D eigenvalue weighted by atomic mass is 16.5. The Kier molecular flexibility index (Phi) is 4.88. The summed E-state index contributed by atoms with van der Waals surface area (Å²) in [6, 6.07) is 13.3. The molecule has 1 amide bonds. The van der Waals surface area contributed by atoms with Gasteiger partial charge in [0.15, 0.2) is 24.1 Å². The number of hydrogen-bond acceptors (Lipinski definition) is 4. The van der Waals surface area contributed by atoms with Crippen LogP contribution in [-0.4, -0.2) is 42.1 Å². The third-order valence-corrected chi connectivity index (χ3v) is 4.26. The number of carbonyl (C=O) groups is 2. The molecule has 0 spiro atoms. The molecule has 1 aliphatic rings. The van der Waals surface area contributed by atoms with E-state index >= 15 is 0 Å². The van der Waals surface area contributed by atoms with Gasteiger partial charge in [0.25, 0.3) is 5.91 Å². The van der Waals surface area contributed by atoms with E-state index in [-0.39, 0.29) is 12.5 Å². The number of carboxylic acids is 1. The normalized spacial score (nSPS) is 16.0. The van der Waals surface area contributed by atoms with E-state index in [9.17, 15) is 14.7 Å². The molecule has 0 radical (unpaired) electrons. The quantitative estimate of drug-likeness (QED) is 0.903. The Morgan fingerprint density at radius 1 is 1.12 bits per heavy atom. The van der Waals surface area contributed by atoms with Crippen molar-refractivity contribution in [1.82, 2.24) is 4.90 Å². The molecule has 0 bridgehead atoms. The number of para-hydroxylation sites is 2. The second kappa shape index (κ2) is 7.25. The molecule has 130 valence electrons. The maximum absolute atomic E-state index is 12.6. The van der Waals surface area contributed by atoms with E-state index in [0.29, 0.717) is 30.0 Å². The Balaban J connectivity index is 1.76. The molecule has 3 rings (SSSR count). The van der Waals surface area contributed by atoms with Gasteiger partial charge in [-0.15, -0.1) is 0 Å². The lowest BCUT2D eigenvalue weighted by Crippen LogP contribution is -2.45. The summed E-state index contributed by atoms with van der Waals surface area (Å²) in [6.45, 7) is 0.106. The first kappa shape index (κ1) is 16.8. The van der Waals surface area contributed by atoms with Gasteiger partial charge in [0.2, 0.25) is 0 Å². The molecular formula is C19H19NO5. The van der Waals surface area contributed by atoms with Crippen LogP contribution in [0.15, 0.2) is 48.5 Å². The second-order valence-corrected chi connectivity index (χ2v) is 5.72. The van der Waals surface area contributed by atoms with E-state index in [0.717, 1.165) is 5.56 Å². The first-order valence-corrected chi connectivity index (χ1v) is 7.97. The van der Waals surface area contributed by atoms with Gasteiger partial charge in [-0.3, -0.25) is 4.79 Å². The minimum atomic E-state index is -1.04. The maximum atomic E-state index is 12.6. The predicted molar refractivity (Wildman–Crippen MR) is 90.7 cm³/mol. The number of methoxy groups -OCH3 is 1. The molecule has 25 heavy (non-hydrogen) atoms. The molecule has 1 unspecified atom stereocenters. The van der Waals surface area contributed by atoms with Gasteiger partial charge in [0, 0.05) is 6.54 Å². The Labute approximate surface area is 145 Å². The summed E-state index contributed by atoms with van der Waals surface area (Å²) in [5.74, 6) is -0.442. The maximum Gasteiger partial charge on any atom is 0.331 e. The highest BCUT2D eigenvalue weighted by Gasteiger charge is 2.35. The number of hydrogen-bond donors (Lipinski definition) is 1. The Morgan fingerprint density at radius 3 is 2.52 bits per heavy atom. The lowest BCUT2D eigenvalue weighted by Gasteiger charge is -2.34. The predicted octanol–water partition coefficient (Wildman–Crippen LogP) is 2.28. The zero-order valence-corrected chi connectivity index (χ0v) is 13.8. The van der Waals surface area contributed by atoms with Crippen molar-refractivity contribution in [3.63, 3.8) is 0 Å². The van der Waals surface area contributed by atoms with Gasteiger partial charge in [0.05, 0.1) is 7.11 Å². The van der Waals surface area contributed by atoms with Crippen LogP contribution < -0.4 is 9.47 Å². The SMILES string of the molecule is COc1ccccc1OCC(=O)N1CCc2ccccc2C1C(=O)O. The molecular weight excluding hydrogens is 322 g/mol. The van der Waals surface area contributed by atoms with Crippen LogP contribution in [0.5, 0.6) is 11.5 Å². The zero-order chi connectivity index (χ0) is 17.8. The standard InChI is InChI=1S/C19H19NO5/c1-24-15-8-4-5-9-16(15)25-12-17(21)20-11-10-13-6-2-3-7-14(13)18(20)19(22)23/h2-9,18H,10-12H2,1H3,(H,22,23). The average molecular weight is 341 g/mol. The summed E-state index contributed by atoms with van der Waals surface area (Å²) < 4.78 is 10.7. The summed E-state index contributed by atoms with van der Waals surface area (Å²) in [6.07, 6.45) is 0.625. The van der Waals surface area contributed by atoms with E-state index < -0.39 is 12.0 Å².